The van der Waals surface area contributed by atoms with E-state index in [1.165, 1.54) is 0 Å². The predicted octanol–water partition coefficient (Wildman–Crippen LogP) is 2.05. The van der Waals surface area contributed by atoms with Crippen LogP contribution in [0.5, 0.6) is 0 Å². The predicted molar refractivity (Wildman–Crippen MR) is 57.9 cm³/mol. The molecule has 0 aliphatic rings. The molecule has 0 atom stereocenters. The summed E-state index contributed by atoms with van der Waals surface area (Å²) in [5.41, 5.74) is 1.46. The lowest BCUT2D eigenvalue weighted by Gasteiger charge is -2.20. The zero-order chi connectivity index (χ0) is 10.6. The monoisotopic (exact) mass is 192 g/mol. The fraction of sp³-hybridized carbons (Fsp3) is 0.455. The Labute approximate surface area is 84.8 Å². The van der Waals surface area contributed by atoms with Crippen LogP contribution in [0.2, 0.25) is 0 Å². The van der Waals surface area contributed by atoms with Gasteiger partial charge in [0, 0.05) is 18.7 Å². The van der Waals surface area contributed by atoms with Gasteiger partial charge in [-0.2, -0.15) is 0 Å². The molecule has 0 spiro atoms. The molecule has 0 radical (unpaired) electrons. The van der Waals surface area contributed by atoms with Crippen LogP contribution in [-0.2, 0) is 0 Å². The molecule has 1 aromatic heterocycles. The van der Waals surface area contributed by atoms with E-state index in [-0.39, 0.29) is 0 Å². The van der Waals surface area contributed by atoms with E-state index in [0.29, 0.717) is 5.56 Å². The van der Waals surface area contributed by atoms with E-state index in [9.17, 15) is 4.79 Å². The van der Waals surface area contributed by atoms with Crippen molar-refractivity contribution < 1.29 is 4.79 Å². The highest BCUT2D eigenvalue weighted by atomic mass is 16.1. The van der Waals surface area contributed by atoms with Gasteiger partial charge in [0.1, 0.15) is 5.82 Å². The number of aromatic nitrogens is 1. The van der Waals surface area contributed by atoms with Crippen LogP contribution in [0.1, 0.15) is 29.9 Å². The molecule has 76 valence electrons. The van der Waals surface area contributed by atoms with Crippen molar-refractivity contribution in [2.75, 3.05) is 18.0 Å². The minimum Gasteiger partial charge on any atom is -0.357 e. The Balaban J connectivity index is 3.00. The molecular formula is C11H16N2O. The maximum atomic E-state index is 10.6. The number of carbonyl (C=O) groups excluding carboxylic acids is 1. The number of aryl methyl sites for hydroxylation is 1. The summed E-state index contributed by atoms with van der Waals surface area (Å²) < 4.78 is 0. The first kappa shape index (κ1) is 10.7. The molecule has 0 aliphatic carbocycles. The Morgan fingerprint density at radius 2 is 2.00 bits per heavy atom. The summed E-state index contributed by atoms with van der Waals surface area (Å²) in [7, 11) is 0. The largest absolute Gasteiger partial charge is 0.357 e. The van der Waals surface area contributed by atoms with Gasteiger partial charge in [0.25, 0.3) is 0 Å². The summed E-state index contributed by atoms with van der Waals surface area (Å²) in [6.45, 7) is 7.91. The summed E-state index contributed by atoms with van der Waals surface area (Å²) >= 11 is 0. The van der Waals surface area contributed by atoms with Gasteiger partial charge in [0.2, 0.25) is 0 Å². The van der Waals surface area contributed by atoms with E-state index in [2.05, 4.69) is 23.7 Å². The molecule has 0 amide bonds. The molecule has 0 saturated heterocycles. The van der Waals surface area contributed by atoms with Crippen LogP contribution in [0.3, 0.4) is 0 Å². The molecule has 0 bridgehead atoms. The highest BCUT2D eigenvalue weighted by Crippen LogP contribution is 2.13. The topological polar surface area (TPSA) is 33.2 Å². The van der Waals surface area contributed by atoms with E-state index < -0.39 is 0 Å². The fourth-order valence-electron chi connectivity index (χ4n) is 1.41. The molecule has 0 saturated carbocycles. The minimum atomic E-state index is 0.668. The third kappa shape index (κ3) is 2.10. The van der Waals surface area contributed by atoms with Gasteiger partial charge in [-0.1, -0.05) is 0 Å². The average molecular weight is 192 g/mol. The first-order valence-corrected chi connectivity index (χ1v) is 4.90. The van der Waals surface area contributed by atoms with Crippen LogP contribution in [0.4, 0.5) is 5.82 Å². The number of rotatable bonds is 4. The molecule has 14 heavy (non-hydrogen) atoms. The maximum absolute atomic E-state index is 10.6. The van der Waals surface area contributed by atoms with Crippen LogP contribution in [0.15, 0.2) is 12.1 Å². The van der Waals surface area contributed by atoms with Crippen LogP contribution in [0.25, 0.3) is 0 Å². The second-order valence-corrected chi connectivity index (χ2v) is 3.13. The molecule has 3 heteroatoms. The number of nitrogens with zero attached hydrogens (tertiary/aromatic N) is 2. The lowest BCUT2D eigenvalue weighted by molar-refractivity contribution is 0.112. The smallest absolute Gasteiger partial charge is 0.151 e. The molecule has 0 fully saturated rings. The third-order valence-corrected chi connectivity index (χ3v) is 2.33. The first-order valence-electron chi connectivity index (χ1n) is 4.90. The molecule has 1 rings (SSSR count). The number of anilines is 1. The Hall–Kier alpha value is -1.38. The molecule has 0 aromatic carbocycles. The van der Waals surface area contributed by atoms with Crippen molar-refractivity contribution >= 4 is 12.1 Å². The van der Waals surface area contributed by atoms with Crippen molar-refractivity contribution in [3.8, 4) is 0 Å². The summed E-state index contributed by atoms with van der Waals surface area (Å²) in [4.78, 5) is 17.1. The van der Waals surface area contributed by atoms with E-state index >= 15 is 0 Å². The maximum Gasteiger partial charge on any atom is 0.151 e. The van der Waals surface area contributed by atoms with Crippen molar-refractivity contribution in [2.24, 2.45) is 0 Å². The van der Waals surface area contributed by atoms with Gasteiger partial charge in [-0.15, -0.1) is 0 Å². The number of pyridine rings is 1. The minimum absolute atomic E-state index is 0.668. The van der Waals surface area contributed by atoms with Crippen molar-refractivity contribution in [1.29, 1.82) is 0 Å². The number of hydrogen-bond donors (Lipinski definition) is 0. The van der Waals surface area contributed by atoms with E-state index in [1.54, 1.807) is 0 Å². The van der Waals surface area contributed by atoms with Crippen molar-refractivity contribution in [3.05, 3.63) is 23.4 Å². The van der Waals surface area contributed by atoms with Crippen LogP contribution in [-0.4, -0.2) is 24.4 Å². The number of carbonyl (C=O) groups is 1. The zero-order valence-corrected chi connectivity index (χ0v) is 8.95. The van der Waals surface area contributed by atoms with Gasteiger partial charge >= 0.3 is 0 Å². The Morgan fingerprint density at radius 3 is 2.43 bits per heavy atom. The first-order chi connectivity index (χ1) is 6.72. The Kier molecular flexibility index (Phi) is 3.63. The molecule has 3 nitrogen and oxygen atoms in total. The van der Waals surface area contributed by atoms with Gasteiger partial charge in [0.05, 0.1) is 5.69 Å². The van der Waals surface area contributed by atoms with Crippen LogP contribution >= 0.6 is 0 Å². The van der Waals surface area contributed by atoms with Crippen molar-refractivity contribution in [3.63, 3.8) is 0 Å². The molecule has 1 aromatic rings. The van der Waals surface area contributed by atoms with Gasteiger partial charge in [-0.05, 0) is 32.9 Å². The standard InChI is InChI=1S/C11H16N2O/c1-4-13(5-2)11-7-6-10(8-14)9(3)12-11/h6-8H,4-5H2,1-3H3. The third-order valence-electron chi connectivity index (χ3n) is 2.33. The second kappa shape index (κ2) is 4.74. The SMILES string of the molecule is CCN(CC)c1ccc(C=O)c(C)n1. The van der Waals surface area contributed by atoms with E-state index in [0.717, 1.165) is 30.9 Å². The average Bonchev–Trinajstić information content (AvgIpc) is 2.20. The fourth-order valence-corrected chi connectivity index (χ4v) is 1.41. The summed E-state index contributed by atoms with van der Waals surface area (Å²) in [5.74, 6) is 0.943. The lowest BCUT2D eigenvalue weighted by atomic mass is 10.2. The molecule has 1 heterocycles. The quantitative estimate of drug-likeness (QED) is 0.684. The normalized spacial score (nSPS) is 9.93. The molecular weight excluding hydrogens is 176 g/mol. The number of hydrogen-bond acceptors (Lipinski definition) is 3. The second-order valence-electron chi connectivity index (χ2n) is 3.13. The highest BCUT2D eigenvalue weighted by molar-refractivity contribution is 5.76. The van der Waals surface area contributed by atoms with Crippen LogP contribution in [0, 0.1) is 6.92 Å². The van der Waals surface area contributed by atoms with Crippen molar-refractivity contribution in [1.82, 2.24) is 4.98 Å². The highest BCUT2D eigenvalue weighted by Gasteiger charge is 2.05. The van der Waals surface area contributed by atoms with Gasteiger partial charge in [-0.25, -0.2) is 4.98 Å². The van der Waals surface area contributed by atoms with Crippen molar-refractivity contribution in [2.45, 2.75) is 20.8 Å². The Morgan fingerprint density at radius 1 is 1.36 bits per heavy atom. The van der Waals surface area contributed by atoms with Gasteiger partial charge < -0.3 is 4.90 Å². The molecule has 0 unspecified atom stereocenters. The lowest BCUT2D eigenvalue weighted by Crippen LogP contribution is -2.23. The van der Waals surface area contributed by atoms with E-state index in [4.69, 9.17) is 0 Å². The summed E-state index contributed by atoms with van der Waals surface area (Å²) in [5, 5.41) is 0. The molecule has 0 N–H and O–H groups in total. The summed E-state index contributed by atoms with van der Waals surface area (Å²) in [6.07, 6.45) is 0.842. The zero-order valence-electron chi connectivity index (χ0n) is 8.95. The van der Waals surface area contributed by atoms with Gasteiger partial charge in [-0.3, -0.25) is 4.79 Å². The van der Waals surface area contributed by atoms with Gasteiger partial charge in [0.15, 0.2) is 6.29 Å². The number of aldehydes is 1. The van der Waals surface area contributed by atoms with E-state index in [1.807, 2.05) is 19.1 Å². The summed E-state index contributed by atoms with van der Waals surface area (Å²) in [6, 6.07) is 3.72. The molecule has 0 aliphatic heterocycles. The van der Waals surface area contributed by atoms with Crippen LogP contribution < -0.4 is 4.90 Å². The Bertz CT molecular complexity index is 319.